The second kappa shape index (κ2) is 39.1. The van der Waals surface area contributed by atoms with Crippen LogP contribution in [-0.4, -0.2) is 37.2 Å². The predicted octanol–water partition coefficient (Wildman–Crippen LogP) is 14.2. The Hall–Kier alpha value is -1.59. The van der Waals surface area contributed by atoms with Crippen molar-refractivity contribution in [3.63, 3.8) is 0 Å². The zero-order valence-corrected chi connectivity index (χ0v) is 35.4. The average Bonchev–Trinajstić information content (AvgIpc) is 3.12. The van der Waals surface area contributed by atoms with Crippen molar-refractivity contribution < 1.29 is 28.6 Å². The summed E-state index contributed by atoms with van der Waals surface area (Å²) in [5.74, 6) is 0.778. The van der Waals surface area contributed by atoms with E-state index in [4.69, 9.17) is 14.2 Å². The molecule has 0 rings (SSSR count). The largest absolute Gasteiger partial charge is 0.462 e. The fourth-order valence-corrected chi connectivity index (χ4v) is 6.72. The number of ether oxygens (including phenoxy) is 3. The summed E-state index contributed by atoms with van der Waals surface area (Å²) in [6.07, 6.45) is 36.6. The Kier molecular flexibility index (Phi) is 37.9. The maximum Gasteiger partial charge on any atom is 0.306 e. The third-order valence-corrected chi connectivity index (χ3v) is 10.6. The van der Waals surface area contributed by atoms with Crippen molar-refractivity contribution in [2.24, 2.45) is 11.8 Å². The number of hydrogen-bond donors (Lipinski definition) is 0. The summed E-state index contributed by atoms with van der Waals surface area (Å²) >= 11 is 0. The number of esters is 3. The molecule has 52 heavy (non-hydrogen) atoms. The number of carbonyl (C=O) groups excluding carboxylic acids is 3. The van der Waals surface area contributed by atoms with Crippen LogP contribution in [-0.2, 0) is 28.6 Å². The van der Waals surface area contributed by atoms with Crippen molar-refractivity contribution in [1.82, 2.24) is 0 Å². The van der Waals surface area contributed by atoms with Gasteiger partial charge in [-0.1, -0.05) is 208 Å². The molecule has 0 aliphatic heterocycles. The lowest BCUT2D eigenvalue weighted by atomic mass is 10.00. The Balaban J connectivity index is 4.34. The molecule has 6 heteroatoms. The van der Waals surface area contributed by atoms with Gasteiger partial charge in [0.25, 0.3) is 0 Å². The topological polar surface area (TPSA) is 78.9 Å². The molecule has 0 heterocycles. The van der Waals surface area contributed by atoms with E-state index in [1.807, 2.05) is 0 Å². The number of unbranched alkanes of at least 4 members (excludes halogenated alkanes) is 24. The first-order valence-electron chi connectivity index (χ1n) is 22.8. The van der Waals surface area contributed by atoms with Crippen LogP contribution in [0, 0.1) is 11.8 Å². The van der Waals surface area contributed by atoms with Gasteiger partial charge in [0.05, 0.1) is 0 Å². The Morgan fingerprint density at radius 1 is 0.404 bits per heavy atom. The van der Waals surface area contributed by atoms with Gasteiger partial charge in [-0.15, -0.1) is 0 Å². The van der Waals surface area contributed by atoms with Gasteiger partial charge in [0.15, 0.2) is 6.10 Å². The summed E-state index contributed by atoms with van der Waals surface area (Å²) in [6, 6.07) is 0. The Bertz CT molecular complexity index is 796. The van der Waals surface area contributed by atoms with Gasteiger partial charge in [-0.05, 0) is 31.1 Å². The van der Waals surface area contributed by atoms with Crippen LogP contribution >= 0.6 is 0 Å². The lowest BCUT2D eigenvalue weighted by Gasteiger charge is -2.18. The van der Waals surface area contributed by atoms with Crippen LogP contribution in [0.5, 0.6) is 0 Å². The monoisotopic (exact) mass is 737 g/mol. The zero-order valence-electron chi connectivity index (χ0n) is 35.4. The summed E-state index contributed by atoms with van der Waals surface area (Å²) in [7, 11) is 0. The molecule has 0 N–H and O–H groups in total. The number of rotatable bonds is 40. The number of carbonyl (C=O) groups is 3. The molecule has 0 aromatic heterocycles. The van der Waals surface area contributed by atoms with Crippen molar-refractivity contribution in [2.75, 3.05) is 13.2 Å². The molecule has 0 radical (unpaired) electrons. The van der Waals surface area contributed by atoms with E-state index in [0.29, 0.717) is 19.3 Å². The molecule has 0 saturated heterocycles. The molecule has 0 bridgehead atoms. The van der Waals surface area contributed by atoms with Gasteiger partial charge in [-0.2, -0.15) is 0 Å². The Labute approximate surface area is 323 Å². The summed E-state index contributed by atoms with van der Waals surface area (Å²) in [6.45, 7) is 11.3. The predicted molar refractivity (Wildman–Crippen MR) is 220 cm³/mol. The average molecular weight is 737 g/mol. The molecule has 2 atom stereocenters. The van der Waals surface area contributed by atoms with Gasteiger partial charge >= 0.3 is 17.9 Å². The minimum Gasteiger partial charge on any atom is -0.462 e. The standard InChI is InChI=1S/C46H88O6/c1-6-8-9-10-11-12-17-20-26-31-36-44(47)50-39-43(40-51-45(48)37-32-27-23-22-25-30-35-42(5)7-2)52-46(49)38-33-28-21-18-15-13-14-16-19-24-29-34-41(3)4/h41-43H,6-40H2,1-5H3/t42?,43-/m0/s1. The molecule has 6 nitrogen and oxygen atoms in total. The number of hydrogen-bond acceptors (Lipinski definition) is 6. The van der Waals surface area contributed by atoms with E-state index in [-0.39, 0.29) is 31.1 Å². The van der Waals surface area contributed by atoms with Gasteiger partial charge < -0.3 is 14.2 Å². The molecule has 0 saturated carbocycles. The Morgan fingerprint density at radius 2 is 0.731 bits per heavy atom. The molecule has 0 spiro atoms. The summed E-state index contributed by atoms with van der Waals surface area (Å²) in [5, 5.41) is 0. The highest BCUT2D eigenvalue weighted by Gasteiger charge is 2.19. The fraction of sp³-hybridized carbons (Fsp3) is 0.935. The molecule has 1 unspecified atom stereocenters. The van der Waals surface area contributed by atoms with Crippen molar-refractivity contribution >= 4 is 17.9 Å². The van der Waals surface area contributed by atoms with Crippen molar-refractivity contribution in [1.29, 1.82) is 0 Å². The normalized spacial score (nSPS) is 12.6. The van der Waals surface area contributed by atoms with Crippen LogP contribution in [0.2, 0.25) is 0 Å². The Morgan fingerprint density at radius 3 is 1.10 bits per heavy atom. The van der Waals surface area contributed by atoms with E-state index in [9.17, 15) is 14.4 Å². The summed E-state index contributed by atoms with van der Waals surface area (Å²) in [5.41, 5.74) is 0. The van der Waals surface area contributed by atoms with Gasteiger partial charge in [-0.25, -0.2) is 0 Å². The molecule has 0 aliphatic carbocycles. The summed E-state index contributed by atoms with van der Waals surface area (Å²) < 4.78 is 16.7. The minimum absolute atomic E-state index is 0.0655. The van der Waals surface area contributed by atoms with Gasteiger partial charge in [-0.3, -0.25) is 14.4 Å². The molecule has 0 fully saturated rings. The van der Waals surface area contributed by atoms with Crippen LogP contribution in [0.3, 0.4) is 0 Å². The fourth-order valence-electron chi connectivity index (χ4n) is 6.72. The highest BCUT2D eigenvalue weighted by Crippen LogP contribution is 2.17. The smallest absolute Gasteiger partial charge is 0.306 e. The highest BCUT2D eigenvalue weighted by atomic mass is 16.6. The maximum absolute atomic E-state index is 12.7. The third kappa shape index (κ3) is 38.1. The van der Waals surface area contributed by atoms with Crippen LogP contribution in [0.15, 0.2) is 0 Å². The van der Waals surface area contributed by atoms with Crippen molar-refractivity contribution in [2.45, 2.75) is 253 Å². The molecule has 0 aromatic carbocycles. The molecule has 0 amide bonds. The van der Waals surface area contributed by atoms with E-state index in [1.54, 1.807) is 0 Å². The van der Waals surface area contributed by atoms with E-state index < -0.39 is 6.10 Å². The minimum atomic E-state index is -0.760. The second-order valence-electron chi connectivity index (χ2n) is 16.4. The van der Waals surface area contributed by atoms with E-state index in [0.717, 1.165) is 69.6 Å². The zero-order chi connectivity index (χ0) is 38.3. The lowest BCUT2D eigenvalue weighted by molar-refractivity contribution is -0.167. The third-order valence-electron chi connectivity index (χ3n) is 10.6. The maximum atomic E-state index is 12.7. The van der Waals surface area contributed by atoms with E-state index >= 15 is 0 Å². The molecular formula is C46H88O6. The van der Waals surface area contributed by atoms with Gasteiger partial charge in [0, 0.05) is 19.3 Å². The van der Waals surface area contributed by atoms with Crippen molar-refractivity contribution in [3.05, 3.63) is 0 Å². The second-order valence-corrected chi connectivity index (χ2v) is 16.4. The van der Waals surface area contributed by atoms with Crippen LogP contribution in [0.4, 0.5) is 0 Å². The van der Waals surface area contributed by atoms with Crippen LogP contribution in [0.25, 0.3) is 0 Å². The SMILES string of the molecule is CCCCCCCCCCCCC(=O)OC[C@@H](COC(=O)CCCCCCCCC(C)CC)OC(=O)CCCCCCCCCCCCCC(C)C. The molecule has 308 valence electrons. The summed E-state index contributed by atoms with van der Waals surface area (Å²) in [4.78, 5) is 37.7. The lowest BCUT2D eigenvalue weighted by Crippen LogP contribution is -2.30. The van der Waals surface area contributed by atoms with Crippen LogP contribution < -0.4 is 0 Å². The van der Waals surface area contributed by atoms with Crippen molar-refractivity contribution in [3.8, 4) is 0 Å². The van der Waals surface area contributed by atoms with E-state index in [2.05, 4.69) is 34.6 Å². The molecule has 0 aliphatic rings. The first-order chi connectivity index (χ1) is 25.3. The van der Waals surface area contributed by atoms with Gasteiger partial charge in [0.2, 0.25) is 0 Å². The highest BCUT2D eigenvalue weighted by molar-refractivity contribution is 5.71. The first-order valence-corrected chi connectivity index (χ1v) is 22.8. The quantitative estimate of drug-likeness (QED) is 0.0354. The van der Waals surface area contributed by atoms with Gasteiger partial charge in [0.1, 0.15) is 13.2 Å². The van der Waals surface area contributed by atoms with E-state index in [1.165, 1.54) is 135 Å². The van der Waals surface area contributed by atoms with Crippen LogP contribution in [0.1, 0.15) is 247 Å². The molecule has 0 aromatic rings. The first kappa shape index (κ1) is 50.4. The molecular weight excluding hydrogens is 648 g/mol.